The van der Waals surface area contributed by atoms with Crippen LogP contribution in [0.2, 0.25) is 5.02 Å². The third-order valence-electron chi connectivity index (χ3n) is 4.86. The Morgan fingerprint density at radius 2 is 1.96 bits per heavy atom. The van der Waals surface area contributed by atoms with Gasteiger partial charge in [-0.3, -0.25) is 9.59 Å². The molecular formula is C20H20ClFN2O3. The van der Waals surface area contributed by atoms with Gasteiger partial charge in [0.15, 0.2) is 5.82 Å². The second kappa shape index (κ2) is 7.96. The normalized spacial score (nSPS) is 19.7. The van der Waals surface area contributed by atoms with Crippen LogP contribution in [-0.2, 0) is 9.59 Å². The van der Waals surface area contributed by atoms with E-state index >= 15 is 0 Å². The molecule has 1 heterocycles. The molecule has 0 unspecified atom stereocenters. The quantitative estimate of drug-likeness (QED) is 0.810. The number of piperidine rings is 1. The summed E-state index contributed by atoms with van der Waals surface area (Å²) in [5.41, 5.74) is 0.825. The summed E-state index contributed by atoms with van der Waals surface area (Å²) in [5, 5.41) is 2.43. The standard InChI is InChI=1S/C20H20ClFN2O3/c1-24-11-10-14(12-6-8-13(27-2)9-7-12)17(20(24)26)19(25)23-16-5-3-4-15(21)18(16)22/h3-9,14,17H,10-11H2,1-2H3,(H,23,25)/t14-,17+/m1/s1. The average molecular weight is 391 g/mol. The SMILES string of the molecule is COc1ccc([C@H]2CCN(C)C(=O)[C@@H]2C(=O)Nc2cccc(Cl)c2F)cc1. The number of likely N-dealkylation sites (tertiary alicyclic amines) is 1. The number of benzene rings is 2. The number of nitrogens with zero attached hydrogens (tertiary/aromatic N) is 1. The van der Waals surface area contributed by atoms with E-state index < -0.39 is 17.6 Å². The van der Waals surface area contributed by atoms with Gasteiger partial charge in [-0.2, -0.15) is 0 Å². The van der Waals surface area contributed by atoms with Crippen molar-refractivity contribution in [3.05, 3.63) is 58.9 Å². The number of hydrogen-bond acceptors (Lipinski definition) is 3. The minimum absolute atomic E-state index is 0.0398. The second-order valence-electron chi connectivity index (χ2n) is 6.50. The molecular weight excluding hydrogens is 371 g/mol. The molecule has 27 heavy (non-hydrogen) atoms. The maximum Gasteiger partial charge on any atom is 0.237 e. The smallest absolute Gasteiger partial charge is 0.237 e. The van der Waals surface area contributed by atoms with Crippen LogP contribution in [0.15, 0.2) is 42.5 Å². The van der Waals surface area contributed by atoms with Gasteiger partial charge in [0, 0.05) is 19.5 Å². The number of methoxy groups -OCH3 is 1. The highest BCUT2D eigenvalue weighted by molar-refractivity contribution is 6.31. The Balaban J connectivity index is 1.90. The van der Waals surface area contributed by atoms with Gasteiger partial charge in [-0.05, 0) is 36.2 Å². The molecule has 2 aromatic carbocycles. The third-order valence-corrected chi connectivity index (χ3v) is 5.15. The number of anilines is 1. The number of hydrogen-bond donors (Lipinski definition) is 1. The molecule has 1 fully saturated rings. The monoisotopic (exact) mass is 390 g/mol. The topological polar surface area (TPSA) is 58.6 Å². The lowest BCUT2D eigenvalue weighted by atomic mass is 9.79. The summed E-state index contributed by atoms with van der Waals surface area (Å²) in [7, 11) is 3.23. The number of ether oxygens (including phenoxy) is 1. The summed E-state index contributed by atoms with van der Waals surface area (Å²) in [6, 6.07) is 11.6. The molecule has 0 aliphatic carbocycles. The molecule has 5 nitrogen and oxygen atoms in total. The molecule has 142 valence electrons. The van der Waals surface area contributed by atoms with Crippen LogP contribution in [0.1, 0.15) is 17.9 Å². The van der Waals surface area contributed by atoms with Crippen molar-refractivity contribution in [3.8, 4) is 5.75 Å². The van der Waals surface area contributed by atoms with E-state index in [0.717, 1.165) is 5.56 Å². The van der Waals surface area contributed by atoms with Crippen molar-refractivity contribution in [2.24, 2.45) is 5.92 Å². The van der Waals surface area contributed by atoms with Crippen LogP contribution in [0.3, 0.4) is 0 Å². The lowest BCUT2D eigenvalue weighted by molar-refractivity contribution is -0.143. The molecule has 2 atom stereocenters. The van der Waals surface area contributed by atoms with Crippen molar-refractivity contribution in [1.82, 2.24) is 4.90 Å². The zero-order chi connectivity index (χ0) is 19.6. The van der Waals surface area contributed by atoms with E-state index in [1.165, 1.54) is 23.1 Å². The number of halogens is 2. The first-order valence-electron chi connectivity index (χ1n) is 8.56. The van der Waals surface area contributed by atoms with Gasteiger partial charge in [0.1, 0.15) is 11.7 Å². The van der Waals surface area contributed by atoms with Crippen molar-refractivity contribution in [2.45, 2.75) is 12.3 Å². The fourth-order valence-electron chi connectivity index (χ4n) is 3.34. The van der Waals surface area contributed by atoms with Crippen molar-refractivity contribution in [3.63, 3.8) is 0 Å². The first-order valence-corrected chi connectivity index (χ1v) is 8.94. The first-order chi connectivity index (χ1) is 12.9. The van der Waals surface area contributed by atoms with Crippen LogP contribution in [0.5, 0.6) is 5.75 Å². The minimum Gasteiger partial charge on any atom is -0.497 e. The van der Waals surface area contributed by atoms with Crippen molar-refractivity contribution in [2.75, 3.05) is 26.0 Å². The molecule has 0 aromatic heterocycles. The third kappa shape index (κ3) is 3.90. The van der Waals surface area contributed by atoms with Gasteiger partial charge in [0.25, 0.3) is 0 Å². The molecule has 0 radical (unpaired) electrons. The number of carbonyl (C=O) groups is 2. The Hall–Kier alpha value is -2.60. The average Bonchev–Trinajstić information content (AvgIpc) is 2.67. The summed E-state index contributed by atoms with van der Waals surface area (Å²) in [6.45, 7) is 0.546. The largest absolute Gasteiger partial charge is 0.497 e. The summed E-state index contributed by atoms with van der Waals surface area (Å²) in [6.07, 6.45) is 0.630. The van der Waals surface area contributed by atoms with Crippen molar-refractivity contribution < 1.29 is 18.7 Å². The van der Waals surface area contributed by atoms with Crippen LogP contribution < -0.4 is 10.1 Å². The van der Waals surface area contributed by atoms with Crippen LogP contribution >= 0.6 is 11.6 Å². The molecule has 0 spiro atoms. The number of nitrogens with one attached hydrogen (secondary N) is 1. The lowest BCUT2D eigenvalue weighted by Crippen LogP contribution is -2.47. The molecule has 7 heteroatoms. The zero-order valence-corrected chi connectivity index (χ0v) is 15.8. The van der Waals surface area contributed by atoms with Crippen LogP contribution in [0, 0.1) is 11.7 Å². The Bertz CT molecular complexity index is 857. The maximum atomic E-state index is 14.2. The fourth-order valence-corrected chi connectivity index (χ4v) is 3.51. The highest BCUT2D eigenvalue weighted by Crippen LogP contribution is 2.35. The summed E-state index contributed by atoms with van der Waals surface area (Å²) in [5.74, 6) is -2.11. The number of amides is 2. The molecule has 3 rings (SSSR count). The molecule has 0 bridgehead atoms. The van der Waals surface area contributed by atoms with E-state index in [0.29, 0.717) is 18.7 Å². The molecule has 1 aliphatic heterocycles. The Kier molecular flexibility index (Phi) is 5.65. The number of rotatable bonds is 4. The summed E-state index contributed by atoms with van der Waals surface area (Å²) >= 11 is 5.77. The molecule has 1 aliphatic rings. The van der Waals surface area contributed by atoms with E-state index in [9.17, 15) is 14.0 Å². The van der Waals surface area contributed by atoms with Gasteiger partial charge in [-0.25, -0.2) is 4.39 Å². The molecule has 2 amide bonds. The maximum absolute atomic E-state index is 14.2. The Labute approximate surface area is 162 Å². The van der Waals surface area contributed by atoms with Gasteiger partial charge in [0.2, 0.25) is 11.8 Å². The van der Waals surface area contributed by atoms with Gasteiger partial charge in [0.05, 0.1) is 17.8 Å². The Morgan fingerprint density at radius 1 is 1.26 bits per heavy atom. The molecule has 1 N–H and O–H groups in total. The predicted molar refractivity (Wildman–Crippen MR) is 102 cm³/mol. The van der Waals surface area contributed by atoms with E-state index in [2.05, 4.69) is 5.32 Å². The summed E-state index contributed by atoms with van der Waals surface area (Å²) < 4.78 is 19.3. The van der Waals surface area contributed by atoms with Gasteiger partial charge in [-0.1, -0.05) is 29.8 Å². The minimum atomic E-state index is -0.949. The van der Waals surface area contributed by atoms with E-state index in [1.807, 2.05) is 12.1 Å². The van der Waals surface area contributed by atoms with Crippen LogP contribution in [-0.4, -0.2) is 37.4 Å². The van der Waals surface area contributed by atoms with Gasteiger partial charge >= 0.3 is 0 Å². The lowest BCUT2D eigenvalue weighted by Gasteiger charge is -2.35. The van der Waals surface area contributed by atoms with E-state index in [-0.39, 0.29) is 22.5 Å². The van der Waals surface area contributed by atoms with Crippen molar-refractivity contribution in [1.29, 1.82) is 0 Å². The Morgan fingerprint density at radius 3 is 2.63 bits per heavy atom. The highest BCUT2D eigenvalue weighted by Gasteiger charge is 2.41. The molecule has 1 saturated heterocycles. The predicted octanol–water partition coefficient (Wildman–Crippen LogP) is 3.69. The zero-order valence-electron chi connectivity index (χ0n) is 15.0. The van der Waals surface area contributed by atoms with Gasteiger partial charge in [-0.15, -0.1) is 0 Å². The molecule has 0 saturated carbocycles. The summed E-state index contributed by atoms with van der Waals surface area (Å²) in [4.78, 5) is 27.2. The first kappa shape index (κ1) is 19.2. The van der Waals surface area contributed by atoms with Crippen LogP contribution in [0.4, 0.5) is 10.1 Å². The van der Waals surface area contributed by atoms with Gasteiger partial charge < -0.3 is 15.0 Å². The molecule has 2 aromatic rings. The van der Waals surface area contributed by atoms with E-state index in [4.69, 9.17) is 16.3 Å². The second-order valence-corrected chi connectivity index (χ2v) is 6.90. The highest BCUT2D eigenvalue weighted by atomic mass is 35.5. The fraction of sp³-hybridized carbons (Fsp3) is 0.300. The van der Waals surface area contributed by atoms with Crippen molar-refractivity contribution >= 4 is 29.1 Å². The van der Waals surface area contributed by atoms with E-state index in [1.54, 1.807) is 26.3 Å². The van der Waals surface area contributed by atoms with Crippen LogP contribution in [0.25, 0.3) is 0 Å². The number of carbonyl (C=O) groups excluding carboxylic acids is 2.